The molecule has 0 spiro atoms. The summed E-state index contributed by atoms with van der Waals surface area (Å²) in [4.78, 5) is 38.4. The van der Waals surface area contributed by atoms with E-state index in [1.165, 1.54) is 22.7 Å². The third kappa shape index (κ3) is 7.33. The molecule has 0 aliphatic carbocycles. The molecule has 0 saturated heterocycles. The number of aromatic nitrogens is 2. The molecular weight excluding hydrogens is 569 g/mol. The number of azo groups is 2. The Morgan fingerprint density at radius 2 is 1.02 bits per heavy atom. The number of carbonyl (C=O) groups is 2. The van der Waals surface area contributed by atoms with Crippen molar-refractivity contribution in [3.63, 3.8) is 0 Å². The molecule has 42 heavy (non-hydrogen) atoms. The minimum atomic E-state index is -0.110. The Morgan fingerprint density at radius 3 is 1.33 bits per heavy atom. The van der Waals surface area contributed by atoms with Crippen LogP contribution in [0, 0.1) is 0 Å². The van der Waals surface area contributed by atoms with E-state index in [1.807, 2.05) is 38.1 Å². The van der Waals surface area contributed by atoms with E-state index in [9.17, 15) is 9.59 Å². The fourth-order valence-corrected chi connectivity index (χ4v) is 5.33. The molecule has 12 heteroatoms. The van der Waals surface area contributed by atoms with Crippen molar-refractivity contribution in [2.45, 2.75) is 27.7 Å². The van der Waals surface area contributed by atoms with Gasteiger partial charge in [-0.05, 0) is 76.2 Å². The van der Waals surface area contributed by atoms with Crippen molar-refractivity contribution >= 4 is 67.5 Å². The van der Waals surface area contributed by atoms with Gasteiger partial charge in [0, 0.05) is 48.0 Å². The maximum Gasteiger partial charge on any atom is 0.253 e. The number of amides is 2. The van der Waals surface area contributed by atoms with E-state index in [-0.39, 0.29) is 11.8 Å². The first-order chi connectivity index (χ1) is 20.2. The van der Waals surface area contributed by atoms with E-state index < -0.39 is 0 Å². The predicted octanol–water partition coefficient (Wildman–Crippen LogP) is 8.96. The summed E-state index contributed by atoms with van der Waals surface area (Å²) in [6.45, 7) is 15.8. The number of hydrogen-bond acceptors (Lipinski definition) is 10. The maximum atomic E-state index is 12.3. The average molecular weight is 599 g/mol. The number of hydrogen-bond donors (Lipinski definition) is 0. The molecule has 0 fully saturated rings. The molecule has 4 rings (SSSR count). The molecule has 2 heterocycles. The molecule has 0 unspecified atom stereocenters. The molecule has 10 nitrogen and oxygen atoms in total. The third-order valence-corrected chi connectivity index (χ3v) is 7.87. The van der Waals surface area contributed by atoms with Crippen LogP contribution in [-0.4, -0.2) is 34.9 Å². The van der Waals surface area contributed by atoms with Gasteiger partial charge in [0.1, 0.15) is 0 Å². The van der Waals surface area contributed by atoms with Gasteiger partial charge in [-0.1, -0.05) is 35.8 Å². The smallest absolute Gasteiger partial charge is 0.253 e. The van der Waals surface area contributed by atoms with E-state index in [1.54, 1.807) is 60.3 Å². The fourth-order valence-electron chi connectivity index (χ4n) is 3.80. The average Bonchev–Trinajstić information content (AvgIpc) is 3.67. The lowest BCUT2D eigenvalue weighted by molar-refractivity contribution is -0.115. The summed E-state index contributed by atoms with van der Waals surface area (Å²) in [6.07, 6.45) is 3.45. The topological polar surface area (TPSA) is 116 Å². The first kappa shape index (κ1) is 30.3. The van der Waals surface area contributed by atoms with Crippen LogP contribution in [0.25, 0.3) is 9.75 Å². The molecular formula is C30H30N8O2S2. The van der Waals surface area contributed by atoms with E-state index >= 15 is 0 Å². The molecule has 0 radical (unpaired) electrons. The lowest BCUT2D eigenvalue weighted by Crippen LogP contribution is -2.30. The molecule has 0 atom stereocenters. The van der Waals surface area contributed by atoms with Crippen LogP contribution in [0.3, 0.4) is 0 Å². The third-order valence-electron chi connectivity index (χ3n) is 5.91. The molecule has 0 saturated carbocycles. The summed E-state index contributed by atoms with van der Waals surface area (Å²) in [5.41, 5.74) is 3.81. The molecule has 0 aliphatic heterocycles. The second kappa shape index (κ2) is 13.8. The summed E-state index contributed by atoms with van der Waals surface area (Å²) >= 11 is 2.78. The van der Waals surface area contributed by atoms with Gasteiger partial charge in [-0.3, -0.25) is 9.59 Å². The second-order valence-electron chi connectivity index (χ2n) is 9.11. The van der Waals surface area contributed by atoms with Gasteiger partial charge in [-0.2, -0.15) is 0 Å². The minimum absolute atomic E-state index is 0.110. The van der Waals surface area contributed by atoms with Crippen LogP contribution in [0.15, 0.2) is 106 Å². The fraction of sp³-hybridized carbons (Fsp3) is 0.200. The summed E-state index contributed by atoms with van der Waals surface area (Å²) in [5.74, 6) is -0.221. The molecule has 2 aromatic carbocycles. The molecule has 4 aromatic rings. The highest BCUT2D eigenvalue weighted by atomic mass is 32.1. The quantitative estimate of drug-likeness (QED) is 0.126. The first-order valence-electron chi connectivity index (χ1n) is 13.1. The minimum Gasteiger partial charge on any atom is -0.309 e. The first-order valence-corrected chi connectivity index (χ1v) is 14.7. The van der Waals surface area contributed by atoms with Crippen LogP contribution >= 0.6 is 22.7 Å². The summed E-state index contributed by atoms with van der Waals surface area (Å²) in [5, 5.41) is 18.1. The van der Waals surface area contributed by atoms with E-state index in [0.717, 1.165) is 21.1 Å². The van der Waals surface area contributed by atoms with Crippen molar-refractivity contribution in [2.24, 2.45) is 20.5 Å². The highest BCUT2D eigenvalue weighted by Gasteiger charge is 2.15. The second-order valence-corrected chi connectivity index (χ2v) is 11.1. The van der Waals surface area contributed by atoms with Crippen molar-refractivity contribution in [1.29, 1.82) is 0 Å². The highest BCUT2D eigenvalue weighted by molar-refractivity contribution is 7.25. The zero-order valence-corrected chi connectivity index (χ0v) is 25.4. The zero-order valence-electron chi connectivity index (χ0n) is 23.8. The number of carbonyl (C=O) groups excluding carboxylic acids is 2. The van der Waals surface area contributed by atoms with Crippen molar-refractivity contribution < 1.29 is 9.59 Å². The van der Waals surface area contributed by atoms with Gasteiger partial charge in [0.2, 0.25) is 10.3 Å². The Morgan fingerprint density at radius 1 is 0.667 bits per heavy atom. The lowest BCUT2D eigenvalue weighted by Gasteiger charge is -2.21. The van der Waals surface area contributed by atoms with Crippen molar-refractivity contribution in [3.8, 4) is 9.75 Å². The van der Waals surface area contributed by atoms with Crippen LogP contribution in [0.2, 0.25) is 0 Å². The lowest BCUT2D eigenvalue weighted by atomic mass is 10.2. The van der Waals surface area contributed by atoms with Crippen LogP contribution in [-0.2, 0) is 9.59 Å². The van der Waals surface area contributed by atoms with Gasteiger partial charge in [0.05, 0.1) is 21.1 Å². The van der Waals surface area contributed by atoms with Crippen LogP contribution in [0.4, 0.5) is 33.0 Å². The molecule has 2 amide bonds. The molecule has 2 aromatic heterocycles. The number of anilines is 2. The van der Waals surface area contributed by atoms with Gasteiger partial charge in [0.25, 0.3) is 11.8 Å². The summed E-state index contributed by atoms with van der Waals surface area (Å²) < 4.78 is 0. The Kier molecular flexibility index (Phi) is 9.94. The van der Waals surface area contributed by atoms with E-state index in [0.29, 0.717) is 45.9 Å². The van der Waals surface area contributed by atoms with Crippen LogP contribution in [0.5, 0.6) is 0 Å². The largest absolute Gasteiger partial charge is 0.309 e. The van der Waals surface area contributed by atoms with Gasteiger partial charge in [0.15, 0.2) is 0 Å². The van der Waals surface area contributed by atoms with Crippen molar-refractivity contribution in [1.82, 2.24) is 9.97 Å². The van der Waals surface area contributed by atoms with Crippen LogP contribution in [0.1, 0.15) is 27.7 Å². The highest BCUT2D eigenvalue weighted by Crippen LogP contribution is 2.37. The Hall–Kier alpha value is -4.68. The number of likely N-dealkylation sites (N-methyl/N-ethyl adjacent to an activating group) is 2. The van der Waals surface area contributed by atoms with Crippen molar-refractivity contribution in [2.75, 3.05) is 22.9 Å². The number of rotatable bonds is 11. The number of thiazole rings is 2. The molecule has 214 valence electrons. The van der Waals surface area contributed by atoms with Gasteiger partial charge >= 0.3 is 0 Å². The van der Waals surface area contributed by atoms with Gasteiger partial charge < -0.3 is 9.80 Å². The Balaban J connectivity index is 1.38. The van der Waals surface area contributed by atoms with E-state index in [2.05, 4.69) is 43.6 Å². The van der Waals surface area contributed by atoms with Crippen LogP contribution < -0.4 is 9.80 Å². The normalized spacial score (nSPS) is 11.2. The summed E-state index contributed by atoms with van der Waals surface area (Å²) in [6, 6.07) is 14.5. The molecule has 0 N–H and O–H groups in total. The monoisotopic (exact) mass is 598 g/mol. The zero-order chi connectivity index (χ0) is 30.2. The number of nitrogens with zero attached hydrogens (tertiary/aromatic N) is 8. The standard InChI is InChI=1S/C30H30N8O2S2/c1-7-37(27(39)19(3)4)23-13-9-21(10-14-23)33-35-29-31-17-25(41-29)26-18-32-30(42-26)36-34-22-11-15-24(16-12-22)38(8-2)28(40)20(5)6/h9-18H,3,5,7-8H2,1-2,4,6H3/b35-33+,36-34+. The Bertz CT molecular complexity index is 1530. The summed E-state index contributed by atoms with van der Waals surface area (Å²) in [7, 11) is 0. The SMILES string of the molecule is C=C(C)C(=O)N(CC)c1ccc(/N=N/c2ncc(-c3cnc(/N=N/c4ccc(N(CC)C(=O)C(=C)C)cc4)s3)s2)cc1. The van der Waals surface area contributed by atoms with Gasteiger partial charge in [-0.25, -0.2) is 9.97 Å². The van der Waals surface area contributed by atoms with Crippen molar-refractivity contribution in [3.05, 3.63) is 85.2 Å². The van der Waals surface area contributed by atoms with Gasteiger partial charge in [-0.15, -0.1) is 20.5 Å². The predicted molar refractivity (Wildman–Crippen MR) is 170 cm³/mol. The Labute approximate surface area is 252 Å². The maximum absolute atomic E-state index is 12.3. The van der Waals surface area contributed by atoms with E-state index in [4.69, 9.17) is 0 Å². The molecule has 0 bridgehead atoms. The molecule has 0 aliphatic rings. The number of benzene rings is 2.